The van der Waals surface area contributed by atoms with Gasteiger partial charge in [0.05, 0.1) is 19.4 Å². The summed E-state index contributed by atoms with van der Waals surface area (Å²) in [5.41, 5.74) is 2.79. The summed E-state index contributed by atoms with van der Waals surface area (Å²) >= 11 is 0. The number of benzene rings is 1. The molecule has 0 radical (unpaired) electrons. The standard InChI is InChI=1S/C19H24N4O2/c1-13(2)23-19-16(11-22-23)7-14(10-21-19)9-20-12-18(24)15-5-4-6-17(8-15)25-3/h4-8,10-11,13,18,20,24H,9,12H2,1-3H3. The van der Waals surface area contributed by atoms with Crippen molar-refractivity contribution >= 4 is 11.0 Å². The van der Waals surface area contributed by atoms with Gasteiger partial charge >= 0.3 is 0 Å². The van der Waals surface area contributed by atoms with Crippen LogP contribution < -0.4 is 10.1 Å². The van der Waals surface area contributed by atoms with E-state index >= 15 is 0 Å². The second kappa shape index (κ2) is 7.63. The van der Waals surface area contributed by atoms with Gasteiger partial charge in [-0.25, -0.2) is 9.67 Å². The number of aromatic nitrogens is 3. The smallest absolute Gasteiger partial charge is 0.157 e. The van der Waals surface area contributed by atoms with Crippen LogP contribution in [0, 0.1) is 0 Å². The largest absolute Gasteiger partial charge is 0.497 e. The van der Waals surface area contributed by atoms with Crippen LogP contribution in [0.15, 0.2) is 42.7 Å². The van der Waals surface area contributed by atoms with Crippen LogP contribution in [0.25, 0.3) is 11.0 Å². The minimum atomic E-state index is -0.588. The Balaban J connectivity index is 1.60. The zero-order valence-corrected chi connectivity index (χ0v) is 14.8. The molecule has 6 heteroatoms. The molecule has 3 aromatic rings. The van der Waals surface area contributed by atoms with Gasteiger partial charge in [-0.1, -0.05) is 12.1 Å². The van der Waals surface area contributed by atoms with E-state index in [-0.39, 0.29) is 6.04 Å². The topological polar surface area (TPSA) is 72.2 Å². The van der Waals surface area contributed by atoms with Crippen molar-refractivity contribution in [1.29, 1.82) is 0 Å². The number of rotatable bonds is 7. The number of fused-ring (bicyclic) bond motifs is 1. The first kappa shape index (κ1) is 17.4. The highest BCUT2D eigenvalue weighted by molar-refractivity contribution is 5.75. The van der Waals surface area contributed by atoms with Crippen LogP contribution in [0.1, 0.15) is 37.1 Å². The van der Waals surface area contributed by atoms with Gasteiger partial charge in [0.15, 0.2) is 5.65 Å². The third kappa shape index (κ3) is 3.97. The molecule has 0 amide bonds. The van der Waals surface area contributed by atoms with Gasteiger partial charge in [0, 0.05) is 30.7 Å². The monoisotopic (exact) mass is 340 g/mol. The van der Waals surface area contributed by atoms with Gasteiger partial charge in [-0.3, -0.25) is 0 Å². The normalized spacial score (nSPS) is 12.7. The quantitative estimate of drug-likeness (QED) is 0.692. The average Bonchev–Trinajstić information content (AvgIpc) is 3.05. The number of nitrogens with one attached hydrogen (secondary N) is 1. The van der Waals surface area contributed by atoms with Crippen molar-refractivity contribution in [2.45, 2.75) is 32.5 Å². The van der Waals surface area contributed by atoms with Crippen LogP contribution in [0.5, 0.6) is 5.75 Å². The van der Waals surface area contributed by atoms with E-state index in [4.69, 9.17) is 4.74 Å². The van der Waals surface area contributed by atoms with Gasteiger partial charge in [0.1, 0.15) is 5.75 Å². The maximum absolute atomic E-state index is 10.3. The van der Waals surface area contributed by atoms with Crippen LogP contribution in [0.3, 0.4) is 0 Å². The Bertz CT molecular complexity index is 844. The van der Waals surface area contributed by atoms with Gasteiger partial charge in [-0.2, -0.15) is 5.10 Å². The Hall–Kier alpha value is -2.44. The van der Waals surface area contributed by atoms with E-state index in [2.05, 4.69) is 35.3 Å². The minimum Gasteiger partial charge on any atom is -0.497 e. The number of methoxy groups -OCH3 is 1. The average molecular weight is 340 g/mol. The molecule has 2 aromatic heterocycles. The summed E-state index contributed by atoms with van der Waals surface area (Å²) in [7, 11) is 1.62. The fraction of sp³-hybridized carbons (Fsp3) is 0.368. The van der Waals surface area contributed by atoms with Crippen molar-refractivity contribution < 1.29 is 9.84 Å². The summed E-state index contributed by atoms with van der Waals surface area (Å²) in [6.07, 6.45) is 3.11. The molecule has 0 saturated heterocycles. The summed E-state index contributed by atoms with van der Waals surface area (Å²) in [5, 5.41) is 19.0. The summed E-state index contributed by atoms with van der Waals surface area (Å²) < 4.78 is 7.11. The molecule has 2 N–H and O–H groups in total. The van der Waals surface area contributed by atoms with E-state index in [0.29, 0.717) is 13.1 Å². The number of hydrogen-bond acceptors (Lipinski definition) is 5. The maximum Gasteiger partial charge on any atom is 0.157 e. The molecule has 0 aliphatic rings. The molecular formula is C19H24N4O2. The van der Waals surface area contributed by atoms with Gasteiger partial charge in [-0.15, -0.1) is 0 Å². The number of aliphatic hydroxyl groups excluding tert-OH is 1. The van der Waals surface area contributed by atoms with Crippen LogP contribution in [-0.4, -0.2) is 33.5 Å². The van der Waals surface area contributed by atoms with Crippen LogP contribution in [-0.2, 0) is 6.54 Å². The lowest BCUT2D eigenvalue weighted by molar-refractivity contribution is 0.174. The SMILES string of the molecule is COc1cccc(C(O)CNCc2cnc3c(cnn3C(C)C)c2)c1. The number of pyridine rings is 1. The fourth-order valence-corrected chi connectivity index (χ4v) is 2.78. The molecule has 0 spiro atoms. The van der Waals surface area contributed by atoms with Gasteiger partial charge in [-0.05, 0) is 43.2 Å². The van der Waals surface area contributed by atoms with E-state index in [0.717, 1.165) is 27.9 Å². The molecule has 0 fully saturated rings. The first-order valence-corrected chi connectivity index (χ1v) is 8.43. The van der Waals surface area contributed by atoms with Crippen LogP contribution in [0.4, 0.5) is 0 Å². The summed E-state index contributed by atoms with van der Waals surface area (Å²) in [5.74, 6) is 0.744. The second-order valence-electron chi connectivity index (χ2n) is 6.36. The van der Waals surface area contributed by atoms with Crippen molar-refractivity contribution in [2.75, 3.05) is 13.7 Å². The highest BCUT2D eigenvalue weighted by Gasteiger charge is 2.10. The third-order valence-corrected chi connectivity index (χ3v) is 4.12. The fourth-order valence-electron chi connectivity index (χ4n) is 2.78. The van der Waals surface area contributed by atoms with E-state index in [1.165, 1.54) is 0 Å². The van der Waals surface area contributed by atoms with Gasteiger partial charge in [0.2, 0.25) is 0 Å². The van der Waals surface area contributed by atoms with E-state index < -0.39 is 6.10 Å². The molecule has 0 saturated carbocycles. The molecule has 6 nitrogen and oxygen atoms in total. The summed E-state index contributed by atoms with van der Waals surface area (Å²) in [6.45, 7) is 5.26. The molecule has 2 heterocycles. The van der Waals surface area contributed by atoms with Crippen molar-refractivity contribution in [1.82, 2.24) is 20.1 Å². The molecule has 1 aromatic carbocycles. The van der Waals surface area contributed by atoms with Gasteiger partial charge < -0.3 is 15.2 Å². The van der Waals surface area contributed by atoms with E-state index in [1.54, 1.807) is 7.11 Å². The Morgan fingerprint density at radius 2 is 2.08 bits per heavy atom. The maximum atomic E-state index is 10.3. The summed E-state index contributed by atoms with van der Waals surface area (Å²) in [4.78, 5) is 4.52. The molecule has 0 aliphatic heterocycles. The lowest BCUT2D eigenvalue weighted by Gasteiger charge is -2.13. The first-order valence-electron chi connectivity index (χ1n) is 8.43. The Morgan fingerprint density at radius 3 is 2.84 bits per heavy atom. The molecule has 0 aliphatic carbocycles. The number of ether oxygens (including phenoxy) is 1. The van der Waals surface area contributed by atoms with E-state index in [1.807, 2.05) is 41.3 Å². The highest BCUT2D eigenvalue weighted by atomic mass is 16.5. The molecule has 3 rings (SSSR count). The van der Waals surface area contributed by atoms with Crippen LogP contribution in [0.2, 0.25) is 0 Å². The molecule has 0 bridgehead atoms. The molecule has 1 unspecified atom stereocenters. The number of nitrogens with zero attached hydrogens (tertiary/aromatic N) is 3. The zero-order valence-electron chi connectivity index (χ0n) is 14.8. The molecule has 25 heavy (non-hydrogen) atoms. The highest BCUT2D eigenvalue weighted by Crippen LogP contribution is 2.19. The number of aliphatic hydroxyl groups is 1. The Labute approximate surface area is 147 Å². The lowest BCUT2D eigenvalue weighted by atomic mass is 10.1. The van der Waals surface area contributed by atoms with Crippen molar-refractivity contribution in [3.05, 3.63) is 53.9 Å². The number of hydrogen-bond donors (Lipinski definition) is 2. The second-order valence-corrected chi connectivity index (χ2v) is 6.36. The van der Waals surface area contributed by atoms with Crippen LogP contribution >= 0.6 is 0 Å². The molecular weight excluding hydrogens is 316 g/mol. The molecule has 132 valence electrons. The lowest BCUT2D eigenvalue weighted by Crippen LogP contribution is -2.21. The molecule has 1 atom stereocenters. The van der Waals surface area contributed by atoms with E-state index in [9.17, 15) is 5.11 Å². The first-order chi connectivity index (χ1) is 12.1. The van der Waals surface area contributed by atoms with Crippen molar-refractivity contribution in [3.63, 3.8) is 0 Å². The van der Waals surface area contributed by atoms with Crippen molar-refractivity contribution in [3.8, 4) is 5.75 Å². The third-order valence-electron chi connectivity index (χ3n) is 4.12. The Kier molecular flexibility index (Phi) is 5.31. The zero-order chi connectivity index (χ0) is 17.8. The Morgan fingerprint density at radius 1 is 1.24 bits per heavy atom. The summed E-state index contributed by atoms with van der Waals surface area (Å²) in [6, 6.07) is 9.85. The predicted molar refractivity (Wildman–Crippen MR) is 97.6 cm³/mol. The minimum absolute atomic E-state index is 0.284. The van der Waals surface area contributed by atoms with Crippen molar-refractivity contribution in [2.24, 2.45) is 0 Å². The predicted octanol–water partition coefficient (Wildman–Crippen LogP) is 2.84. The van der Waals surface area contributed by atoms with Gasteiger partial charge in [0.25, 0.3) is 0 Å².